The van der Waals surface area contributed by atoms with E-state index in [0.29, 0.717) is 34.9 Å². The summed E-state index contributed by atoms with van der Waals surface area (Å²) in [4.78, 5) is 11.4. The van der Waals surface area contributed by atoms with E-state index in [4.69, 9.17) is 13.9 Å². The minimum Gasteiger partial charge on any atom is -0.485 e. The Balaban J connectivity index is 1.44. The van der Waals surface area contributed by atoms with Gasteiger partial charge in [-0.1, -0.05) is 23.9 Å². The summed E-state index contributed by atoms with van der Waals surface area (Å²) < 4.78 is 23.7. The van der Waals surface area contributed by atoms with E-state index in [2.05, 4.69) is 14.9 Å². The van der Waals surface area contributed by atoms with Gasteiger partial charge in [0.15, 0.2) is 28.6 Å². The van der Waals surface area contributed by atoms with Crippen LogP contribution in [0.15, 0.2) is 46.0 Å². The largest absolute Gasteiger partial charge is 0.485 e. The van der Waals surface area contributed by atoms with E-state index in [1.54, 1.807) is 12.1 Å². The van der Waals surface area contributed by atoms with Crippen molar-refractivity contribution in [2.45, 2.75) is 17.0 Å². The SMILES string of the molecule is COC(=O)c1ccc(CSc2nnc(C3COc4ccccc4O3)n2C)o1. The topological polar surface area (TPSA) is 88.6 Å². The number of esters is 1. The van der Waals surface area contributed by atoms with E-state index in [9.17, 15) is 4.79 Å². The number of methoxy groups -OCH3 is 1. The summed E-state index contributed by atoms with van der Waals surface area (Å²) in [7, 11) is 3.19. The average molecular weight is 387 g/mol. The number of carbonyl (C=O) groups is 1. The molecule has 0 saturated heterocycles. The van der Waals surface area contributed by atoms with Crippen LogP contribution in [-0.4, -0.2) is 34.5 Å². The van der Waals surface area contributed by atoms with Crippen molar-refractivity contribution in [3.63, 3.8) is 0 Å². The number of para-hydroxylation sites is 2. The van der Waals surface area contributed by atoms with E-state index < -0.39 is 5.97 Å². The number of hydrogen-bond donors (Lipinski definition) is 0. The molecule has 27 heavy (non-hydrogen) atoms. The van der Waals surface area contributed by atoms with Gasteiger partial charge in [0.1, 0.15) is 12.4 Å². The van der Waals surface area contributed by atoms with Crippen molar-refractivity contribution in [3.8, 4) is 11.5 Å². The van der Waals surface area contributed by atoms with Crippen LogP contribution in [0.2, 0.25) is 0 Å². The number of furan rings is 1. The Kier molecular flexibility index (Phi) is 4.76. The maximum atomic E-state index is 11.4. The molecule has 1 atom stereocenters. The van der Waals surface area contributed by atoms with Crippen LogP contribution in [0.3, 0.4) is 0 Å². The second-order valence-electron chi connectivity index (χ2n) is 5.81. The first kappa shape index (κ1) is 17.5. The molecule has 2 aromatic heterocycles. The van der Waals surface area contributed by atoms with Gasteiger partial charge in [-0.25, -0.2) is 4.79 Å². The Morgan fingerprint density at radius 2 is 2.07 bits per heavy atom. The molecule has 0 amide bonds. The number of hydrogen-bond acceptors (Lipinski definition) is 8. The van der Waals surface area contributed by atoms with Gasteiger partial charge in [-0.2, -0.15) is 0 Å². The van der Waals surface area contributed by atoms with Crippen LogP contribution < -0.4 is 9.47 Å². The van der Waals surface area contributed by atoms with Gasteiger partial charge in [0.25, 0.3) is 0 Å². The molecule has 0 spiro atoms. The molecule has 0 saturated carbocycles. The first-order chi connectivity index (χ1) is 13.2. The van der Waals surface area contributed by atoms with Crippen molar-refractivity contribution in [2.75, 3.05) is 13.7 Å². The number of benzene rings is 1. The number of carbonyl (C=O) groups excluding carboxylic acids is 1. The van der Waals surface area contributed by atoms with Gasteiger partial charge >= 0.3 is 5.97 Å². The van der Waals surface area contributed by atoms with Gasteiger partial charge in [0, 0.05) is 7.05 Å². The summed E-state index contributed by atoms with van der Waals surface area (Å²) in [6.45, 7) is 0.369. The zero-order chi connectivity index (χ0) is 18.8. The molecule has 3 heterocycles. The monoisotopic (exact) mass is 387 g/mol. The minimum atomic E-state index is -0.498. The van der Waals surface area contributed by atoms with Crippen LogP contribution in [0.1, 0.15) is 28.2 Å². The molecule has 0 fully saturated rings. The number of fused-ring (bicyclic) bond motifs is 1. The smallest absolute Gasteiger partial charge is 0.373 e. The first-order valence-corrected chi connectivity index (χ1v) is 9.22. The van der Waals surface area contributed by atoms with Gasteiger partial charge in [-0.3, -0.25) is 0 Å². The lowest BCUT2D eigenvalue weighted by molar-refractivity contribution is 0.0563. The quantitative estimate of drug-likeness (QED) is 0.488. The van der Waals surface area contributed by atoms with Crippen molar-refractivity contribution in [1.29, 1.82) is 0 Å². The molecule has 0 N–H and O–H groups in total. The van der Waals surface area contributed by atoms with Crippen molar-refractivity contribution in [2.24, 2.45) is 7.05 Å². The molecule has 0 bridgehead atoms. The summed E-state index contributed by atoms with van der Waals surface area (Å²) in [6.07, 6.45) is -0.332. The molecule has 9 heteroatoms. The maximum Gasteiger partial charge on any atom is 0.373 e. The second-order valence-corrected chi connectivity index (χ2v) is 6.75. The Morgan fingerprint density at radius 1 is 1.26 bits per heavy atom. The Morgan fingerprint density at radius 3 is 2.89 bits per heavy atom. The number of ether oxygens (including phenoxy) is 3. The lowest BCUT2D eigenvalue weighted by Gasteiger charge is -2.25. The average Bonchev–Trinajstić information content (AvgIpc) is 3.32. The summed E-state index contributed by atoms with van der Waals surface area (Å²) in [6, 6.07) is 10.9. The normalized spacial score (nSPS) is 15.6. The highest BCUT2D eigenvalue weighted by molar-refractivity contribution is 7.98. The van der Waals surface area contributed by atoms with Crippen LogP contribution in [0.4, 0.5) is 0 Å². The summed E-state index contributed by atoms with van der Waals surface area (Å²) in [5.41, 5.74) is 0. The standard InChI is InChI=1S/C18H17N3O5S/c1-21-16(15-9-24-12-5-3-4-6-13(12)26-15)19-20-18(21)27-10-11-7-8-14(25-11)17(22)23-2/h3-8,15H,9-10H2,1-2H3. The third-order valence-corrected chi connectivity index (χ3v) is 5.10. The van der Waals surface area contributed by atoms with Crippen molar-refractivity contribution >= 4 is 17.7 Å². The van der Waals surface area contributed by atoms with Crippen LogP contribution in [0.25, 0.3) is 0 Å². The highest BCUT2D eigenvalue weighted by Crippen LogP contribution is 2.36. The van der Waals surface area contributed by atoms with Crippen molar-refractivity contribution < 1.29 is 23.4 Å². The Labute approximate surface area is 159 Å². The zero-order valence-corrected chi connectivity index (χ0v) is 15.6. The van der Waals surface area contributed by atoms with Gasteiger partial charge in [0.2, 0.25) is 5.76 Å². The van der Waals surface area contributed by atoms with Gasteiger partial charge in [-0.05, 0) is 24.3 Å². The van der Waals surface area contributed by atoms with E-state index in [1.165, 1.54) is 18.9 Å². The lowest BCUT2D eigenvalue weighted by Crippen LogP contribution is -2.24. The fourth-order valence-electron chi connectivity index (χ4n) is 2.68. The molecule has 0 aliphatic carbocycles. The summed E-state index contributed by atoms with van der Waals surface area (Å²) in [5, 5.41) is 9.19. The van der Waals surface area contributed by atoms with Crippen molar-refractivity contribution in [3.05, 3.63) is 53.7 Å². The molecule has 0 radical (unpaired) electrons. The second kappa shape index (κ2) is 7.36. The molecule has 1 aromatic carbocycles. The predicted octanol–water partition coefficient (Wildman–Crippen LogP) is 3.00. The number of aromatic nitrogens is 3. The molecule has 1 unspecified atom stereocenters. The Hall–Kier alpha value is -2.94. The molecule has 8 nitrogen and oxygen atoms in total. The fourth-order valence-corrected chi connectivity index (χ4v) is 3.49. The Bertz CT molecular complexity index is 968. The fraction of sp³-hybridized carbons (Fsp3) is 0.278. The molecule has 4 rings (SSSR count). The lowest BCUT2D eigenvalue weighted by atomic mass is 10.2. The predicted molar refractivity (Wildman–Crippen MR) is 95.9 cm³/mol. The first-order valence-electron chi connectivity index (χ1n) is 8.23. The number of thioether (sulfide) groups is 1. The molecule has 1 aliphatic rings. The molecule has 3 aromatic rings. The minimum absolute atomic E-state index is 0.179. The summed E-state index contributed by atoms with van der Waals surface area (Å²) in [5.74, 6) is 2.94. The molecule has 1 aliphatic heterocycles. The zero-order valence-electron chi connectivity index (χ0n) is 14.7. The third kappa shape index (κ3) is 3.50. The van der Waals surface area contributed by atoms with E-state index in [1.807, 2.05) is 35.9 Å². The number of nitrogens with zero attached hydrogens (tertiary/aromatic N) is 3. The summed E-state index contributed by atoms with van der Waals surface area (Å²) >= 11 is 1.45. The van der Waals surface area contributed by atoms with E-state index in [-0.39, 0.29) is 11.9 Å². The molecular formula is C18H17N3O5S. The van der Waals surface area contributed by atoms with Crippen LogP contribution >= 0.6 is 11.8 Å². The van der Waals surface area contributed by atoms with Crippen LogP contribution in [0, 0.1) is 0 Å². The van der Waals surface area contributed by atoms with E-state index >= 15 is 0 Å². The number of rotatable bonds is 5. The van der Waals surface area contributed by atoms with Gasteiger partial charge in [0.05, 0.1) is 12.9 Å². The van der Waals surface area contributed by atoms with Crippen LogP contribution in [0.5, 0.6) is 11.5 Å². The van der Waals surface area contributed by atoms with Gasteiger partial charge in [-0.15, -0.1) is 10.2 Å². The maximum absolute atomic E-state index is 11.4. The van der Waals surface area contributed by atoms with E-state index in [0.717, 1.165) is 5.75 Å². The molecule has 140 valence electrons. The van der Waals surface area contributed by atoms with Crippen LogP contribution in [-0.2, 0) is 17.5 Å². The highest BCUT2D eigenvalue weighted by Gasteiger charge is 2.27. The third-order valence-electron chi connectivity index (χ3n) is 4.06. The molecular weight excluding hydrogens is 370 g/mol. The highest BCUT2D eigenvalue weighted by atomic mass is 32.2. The van der Waals surface area contributed by atoms with Crippen molar-refractivity contribution in [1.82, 2.24) is 14.8 Å². The van der Waals surface area contributed by atoms with Gasteiger partial charge < -0.3 is 23.2 Å².